The van der Waals surface area contributed by atoms with E-state index in [1.165, 1.54) is 4.88 Å². The van der Waals surface area contributed by atoms with E-state index in [2.05, 4.69) is 28.2 Å². The minimum absolute atomic E-state index is 0.570. The summed E-state index contributed by atoms with van der Waals surface area (Å²) >= 11 is 7.26. The molecule has 1 aliphatic rings. The van der Waals surface area contributed by atoms with E-state index in [0.717, 1.165) is 17.2 Å². The Morgan fingerprint density at radius 1 is 1.30 bits per heavy atom. The van der Waals surface area contributed by atoms with Gasteiger partial charge in [0.15, 0.2) is 16.6 Å². The molecule has 3 rings (SSSR count). The van der Waals surface area contributed by atoms with Crippen molar-refractivity contribution in [2.75, 3.05) is 24.7 Å². The van der Waals surface area contributed by atoms with E-state index in [1.54, 1.807) is 17.4 Å². The molecular formula is C17H18N2O2S2. The van der Waals surface area contributed by atoms with Crippen LogP contribution in [0, 0.1) is 0 Å². The molecule has 2 heterocycles. The number of hydrogen-bond acceptors (Lipinski definition) is 4. The fraction of sp³-hybridized carbons (Fsp3) is 0.235. The van der Waals surface area contributed by atoms with E-state index in [0.29, 0.717) is 31.4 Å². The molecule has 1 aromatic carbocycles. The fourth-order valence-electron chi connectivity index (χ4n) is 2.29. The van der Waals surface area contributed by atoms with Crippen LogP contribution in [0.3, 0.4) is 0 Å². The highest BCUT2D eigenvalue weighted by Gasteiger charge is 2.18. The molecule has 4 nitrogen and oxygen atoms in total. The number of hydrogen-bond donors (Lipinski definition) is 1. The highest BCUT2D eigenvalue weighted by molar-refractivity contribution is 7.80. The third-order valence-corrected chi connectivity index (χ3v) is 4.60. The van der Waals surface area contributed by atoms with Gasteiger partial charge in [-0.25, -0.2) is 0 Å². The maximum absolute atomic E-state index is 5.68. The van der Waals surface area contributed by atoms with Crippen molar-refractivity contribution in [2.45, 2.75) is 6.54 Å². The van der Waals surface area contributed by atoms with Gasteiger partial charge in [0.25, 0.3) is 0 Å². The van der Waals surface area contributed by atoms with Crippen LogP contribution in [0.5, 0.6) is 11.5 Å². The van der Waals surface area contributed by atoms with Gasteiger partial charge in [0.2, 0.25) is 0 Å². The van der Waals surface area contributed by atoms with Crippen molar-refractivity contribution >= 4 is 34.4 Å². The number of anilines is 1. The second kappa shape index (κ2) is 7.48. The van der Waals surface area contributed by atoms with Gasteiger partial charge >= 0.3 is 0 Å². The summed E-state index contributed by atoms with van der Waals surface area (Å²) in [5, 5.41) is 5.92. The Morgan fingerprint density at radius 2 is 2.13 bits per heavy atom. The van der Waals surface area contributed by atoms with E-state index in [-0.39, 0.29) is 0 Å². The van der Waals surface area contributed by atoms with Crippen LogP contribution < -0.4 is 19.7 Å². The van der Waals surface area contributed by atoms with Crippen molar-refractivity contribution < 1.29 is 9.47 Å². The minimum atomic E-state index is 0.570. The molecule has 0 spiro atoms. The van der Waals surface area contributed by atoms with Gasteiger partial charge in [-0.05, 0) is 35.8 Å². The molecule has 0 atom stereocenters. The zero-order valence-corrected chi connectivity index (χ0v) is 14.3. The van der Waals surface area contributed by atoms with E-state index >= 15 is 0 Å². The van der Waals surface area contributed by atoms with Gasteiger partial charge < -0.3 is 19.7 Å². The summed E-state index contributed by atoms with van der Waals surface area (Å²) in [4.78, 5) is 3.30. The van der Waals surface area contributed by atoms with Gasteiger partial charge in [-0.3, -0.25) is 0 Å². The van der Waals surface area contributed by atoms with Gasteiger partial charge in [0.05, 0.1) is 6.54 Å². The average Bonchev–Trinajstić information content (AvgIpc) is 3.10. The van der Waals surface area contributed by atoms with Gasteiger partial charge in [-0.1, -0.05) is 12.1 Å². The first-order valence-electron chi connectivity index (χ1n) is 7.36. The van der Waals surface area contributed by atoms with E-state index < -0.39 is 0 Å². The maximum atomic E-state index is 5.68. The first kappa shape index (κ1) is 15.8. The van der Waals surface area contributed by atoms with Crippen molar-refractivity contribution in [1.29, 1.82) is 0 Å². The average molecular weight is 346 g/mol. The molecule has 0 saturated heterocycles. The van der Waals surface area contributed by atoms with Crippen LogP contribution in [0.15, 0.2) is 48.4 Å². The van der Waals surface area contributed by atoms with Crippen molar-refractivity contribution in [1.82, 2.24) is 5.32 Å². The van der Waals surface area contributed by atoms with Crippen LogP contribution in [-0.4, -0.2) is 24.9 Å². The minimum Gasteiger partial charge on any atom is -0.486 e. The van der Waals surface area contributed by atoms with Gasteiger partial charge in [-0.15, -0.1) is 17.9 Å². The lowest BCUT2D eigenvalue weighted by molar-refractivity contribution is 0.171. The van der Waals surface area contributed by atoms with Crippen LogP contribution in [0.2, 0.25) is 0 Å². The predicted octanol–water partition coefficient (Wildman–Crippen LogP) is 3.59. The van der Waals surface area contributed by atoms with Crippen molar-refractivity contribution in [3.05, 3.63) is 53.2 Å². The second-order valence-corrected chi connectivity index (χ2v) is 6.39. The molecule has 23 heavy (non-hydrogen) atoms. The third kappa shape index (κ3) is 3.83. The number of nitrogens with one attached hydrogen (secondary N) is 1. The molecule has 0 radical (unpaired) electrons. The quantitative estimate of drug-likeness (QED) is 0.661. The van der Waals surface area contributed by atoms with E-state index in [4.69, 9.17) is 21.7 Å². The highest BCUT2D eigenvalue weighted by atomic mass is 32.1. The standard InChI is InChI=1S/C17H18N2O2S2/c1-2-7-18-17(22)19(12-14-4-3-10-23-14)13-5-6-15-16(11-13)21-9-8-20-15/h2-6,10-11H,1,7-9,12H2,(H,18,22). The predicted molar refractivity (Wildman–Crippen MR) is 98.7 cm³/mol. The second-order valence-electron chi connectivity index (χ2n) is 4.97. The third-order valence-electron chi connectivity index (χ3n) is 3.37. The first-order chi connectivity index (χ1) is 11.3. The number of rotatable bonds is 5. The molecule has 1 N–H and O–H groups in total. The van der Waals surface area contributed by atoms with Crippen LogP contribution in [-0.2, 0) is 6.54 Å². The molecule has 0 saturated carbocycles. The van der Waals surface area contributed by atoms with Gasteiger partial charge in [-0.2, -0.15) is 0 Å². The number of thiophene rings is 1. The number of fused-ring (bicyclic) bond motifs is 1. The highest BCUT2D eigenvalue weighted by Crippen LogP contribution is 2.34. The van der Waals surface area contributed by atoms with Crippen molar-refractivity contribution in [2.24, 2.45) is 0 Å². The smallest absolute Gasteiger partial charge is 0.174 e. The summed E-state index contributed by atoms with van der Waals surface area (Å²) in [5.41, 5.74) is 0.976. The van der Waals surface area contributed by atoms with Crippen LogP contribution in [0.4, 0.5) is 5.69 Å². The van der Waals surface area contributed by atoms with Crippen LogP contribution in [0.25, 0.3) is 0 Å². The zero-order chi connectivity index (χ0) is 16.1. The summed E-state index contributed by atoms with van der Waals surface area (Å²) in [6, 6.07) is 10.1. The Hall–Kier alpha value is -2.05. The SMILES string of the molecule is C=CCNC(=S)N(Cc1cccs1)c1ccc2c(c1)OCCO2. The largest absolute Gasteiger partial charge is 0.486 e. The number of nitrogens with zero attached hydrogens (tertiary/aromatic N) is 1. The van der Waals surface area contributed by atoms with Crippen molar-refractivity contribution in [3.63, 3.8) is 0 Å². The Kier molecular flexibility index (Phi) is 5.15. The van der Waals surface area contributed by atoms with E-state index in [1.807, 2.05) is 24.3 Å². The first-order valence-corrected chi connectivity index (χ1v) is 8.65. The molecule has 0 unspecified atom stereocenters. The lowest BCUT2D eigenvalue weighted by Crippen LogP contribution is -2.39. The summed E-state index contributed by atoms with van der Waals surface area (Å²) in [6.07, 6.45) is 1.79. The Bertz CT molecular complexity index is 686. The monoisotopic (exact) mass is 346 g/mol. The molecule has 0 bridgehead atoms. The number of ether oxygens (including phenoxy) is 2. The number of benzene rings is 1. The fourth-order valence-corrected chi connectivity index (χ4v) is 3.24. The summed E-state index contributed by atoms with van der Waals surface area (Å²) in [7, 11) is 0. The number of thiocarbonyl (C=S) groups is 1. The molecule has 1 aromatic heterocycles. The molecular weight excluding hydrogens is 328 g/mol. The molecule has 0 aliphatic carbocycles. The Morgan fingerprint density at radius 3 is 2.87 bits per heavy atom. The topological polar surface area (TPSA) is 33.7 Å². The van der Waals surface area contributed by atoms with Crippen LogP contribution >= 0.6 is 23.6 Å². The normalized spacial score (nSPS) is 12.5. The van der Waals surface area contributed by atoms with Gasteiger partial charge in [0.1, 0.15) is 13.2 Å². The lowest BCUT2D eigenvalue weighted by Gasteiger charge is -2.27. The summed E-state index contributed by atoms with van der Waals surface area (Å²) in [6.45, 7) is 6.22. The molecule has 120 valence electrons. The van der Waals surface area contributed by atoms with E-state index in [9.17, 15) is 0 Å². The Balaban J connectivity index is 1.87. The molecule has 0 fully saturated rings. The molecule has 2 aromatic rings. The Labute approximate surface area is 145 Å². The molecule has 1 aliphatic heterocycles. The summed E-state index contributed by atoms with van der Waals surface area (Å²) in [5.74, 6) is 1.54. The van der Waals surface area contributed by atoms with Crippen LogP contribution in [0.1, 0.15) is 4.88 Å². The lowest BCUT2D eigenvalue weighted by atomic mass is 10.2. The summed E-state index contributed by atoms with van der Waals surface area (Å²) < 4.78 is 11.3. The van der Waals surface area contributed by atoms with Crippen molar-refractivity contribution in [3.8, 4) is 11.5 Å². The maximum Gasteiger partial charge on any atom is 0.174 e. The molecule has 0 amide bonds. The molecule has 6 heteroatoms. The zero-order valence-electron chi connectivity index (χ0n) is 12.7. The van der Waals surface area contributed by atoms with Gasteiger partial charge in [0, 0.05) is 23.2 Å².